The van der Waals surface area contributed by atoms with Gasteiger partial charge in [0.1, 0.15) is 53.1 Å². The van der Waals surface area contributed by atoms with Crippen molar-refractivity contribution >= 4 is 17.4 Å². The second-order valence-corrected chi connectivity index (χ2v) is 6.32. The first-order chi connectivity index (χ1) is 13.8. The van der Waals surface area contributed by atoms with Crippen LogP contribution < -0.4 is 16.0 Å². The van der Waals surface area contributed by atoms with Crippen LogP contribution >= 0.6 is 11.6 Å². The van der Waals surface area contributed by atoms with Gasteiger partial charge in [-0.3, -0.25) is 4.79 Å². The molecular formula is C20H11ClF2N4O2. The predicted molar refractivity (Wildman–Crippen MR) is 102 cm³/mol. The summed E-state index contributed by atoms with van der Waals surface area (Å²) in [5.74, 6) is -1.44. The lowest BCUT2D eigenvalue weighted by atomic mass is 9.96. The van der Waals surface area contributed by atoms with E-state index < -0.39 is 17.2 Å². The van der Waals surface area contributed by atoms with Crippen molar-refractivity contribution in [2.45, 2.75) is 6.61 Å². The summed E-state index contributed by atoms with van der Waals surface area (Å²) in [5, 5.41) is 19.1. The van der Waals surface area contributed by atoms with Crippen molar-refractivity contribution in [1.29, 1.82) is 10.5 Å². The molecule has 0 aliphatic rings. The molecule has 1 heterocycles. The van der Waals surface area contributed by atoms with E-state index in [0.29, 0.717) is 0 Å². The number of ether oxygens (including phenoxy) is 1. The number of nitriles is 2. The molecule has 0 spiro atoms. The summed E-state index contributed by atoms with van der Waals surface area (Å²) in [7, 11) is 0. The fraction of sp³-hybridized carbons (Fsp3) is 0.0500. The standard InChI is InChI=1S/C20H11ClF2N4O2/c21-11-1-4-17(29-9-10-5-12(22)2-3-16(10)23)13(6-11)18-14(7-24)19(26)27-20(28)15(18)8-25/h1-6H,9H2,(H3,26,27,28). The van der Waals surface area contributed by atoms with Gasteiger partial charge in [0.15, 0.2) is 0 Å². The van der Waals surface area contributed by atoms with E-state index in [0.717, 1.165) is 18.2 Å². The van der Waals surface area contributed by atoms with Gasteiger partial charge < -0.3 is 15.5 Å². The Labute approximate surface area is 168 Å². The van der Waals surface area contributed by atoms with Crippen LogP contribution in [0.1, 0.15) is 16.7 Å². The van der Waals surface area contributed by atoms with E-state index in [1.54, 1.807) is 6.07 Å². The molecule has 3 rings (SSSR count). The normalized spacial score (nSPS) is 10.2. The number of aromatic nitrogens is 1. The molecule has 9 heteroatoms. The van der Waals surface area contributed by atoms with E-state index in [4.69, 9.17) is 22.1 Å². The maximum absolute atomic E-state index is 13.9. The summed E-state index contributed by atoms with van der Waals surface area (Å²) >= 11 is 6.05. The van der Waals surface area contributed by atoms with Gasteiger partial charge in [-0.15, -0.1) is 0 Å². The third-order valence-electron chi connectivity index (χ3n) is 4.07. The molecule has 0 aliphatic heterocycles. The molecule has 0 atom stereocenters. The first-order valence-corrected chi connectivity index (χ1v) is 8.46. The monoisotopic (exact) mass is 412 g/mol. The number of pyridine rings is 1. The summed E-state index contributed by atoms with van der Waals surface area (Å²) in [5.41, 5.74) is 4.46. The van der Waals surface area contributed by atoms with Crippen LogP contribution in [0, 0.1) is 34.3 Å². The molecule has 6 nitrogen and oxygen atoms in total. The predicted octanol–water partition coefficient (Wildman–Crippen LogP) is 3.88. The van der Waals surface area contributed by atoms with Gasteiger partial charge in [0.05, 0.1) is 0 Å². The second-order valence-electron chi connectivity index (χ2n) is 5.88. The molecule has 0 fully saturated rings. The smallest absolute Gasteiger partial charge is 0.268 e. The molecule has 0 aliphatic carbocycles. The molecule has 0 amide bonds. The highest BCUT2D eigenvalue weighted by Crippen LogP contribution is 2.37. The number of nitrogens with one attached hydrogen (secondary N) is 1. The summed E-state index contributed by atoms with van der Waals surface area (Å²) < 4.78 is 32.9. The largest absolute Gasteiger partial charge is 0.488 e. The van der Waals surface area contributed by atoms with E-state index in [1.807, 2.05) is 6.07 Å². The number of benzene rings is 2. The molecule has 144 valence electrons. The number of halogens is 3. The summed E-state index contributed by atoms with van der Waals surface area (Å²) in [6.45, 7) is -0.347. The number of nitrogen functional groups attached to an aromatic ring is 1. The van der Waals surface area contributed by atoms with Crippen LogP contribution in [0.2, 0.25) is 5.02 Å². The van der Waals surface area contributed by atoms with Gasteiger partial charge >= 0.3 is 0 Å². The van der Waals surface area contributed by atoms with Crippen molar-refractivity contribution in [2.24, 2.45) is 0 Å². The Kier molecular flexibility index (Phi) is 5.49. The van der Waals surface area contributed by atoms with E-state index in [1.165, 1.54) is 18.2 Å². The van der Waals surface area contributed by atoms with Crippen LogP contribution in [0.5, 0.6) is 5.75 Å². The lowest BCUT2D eigenvalue weighted by Gasteiger charge is -2.15. The lowest BCUT2D eigenvalue weighted by Crippen LogP contribution is -2.16. The van der Waals surface area contributed by atoms with Crippen LogP contribution in [0.15, 0.2) is 41.2 Å². The molecule has 0 saturated heterocycles. The van der Waals surface area contributed by atoms with Gasteiger partial charge in [-0.05, 0) is 36.4 Å². The Morgan fingerprint density at radius 2 is 1.83 bits per heavy atom. The lowest BCUT2D eigenvalue weighted by molar-refractivity contribution is 0.300. The number of nitrogens with two attached hydrogens (primary N) is 1. The summed E-state index contributed by atoms with van der Waals surface area (Å²) in [6.07, 6.45) is 0. The fourth-order valence-electron chi connectivity index (χ4n) is 2.75. The highest BCUT2D eigenvalue weighted by atomic mass is 35.5. The number of hydrogen-bond donors (Lipinski definition) is 2. The Morgan fingerprint density at radius 3 is 2.52 bits per heavy atom. The minimum absolute atomic E-state index is 0.0441. The third kappa shape index (κ3) is 3.88. The van der Waals surface area contributed by atoms with Crippen LogP contribution in [0.3, 0.4) is 0 Å². The topological polar surface area (TPSA) is 116 Å². The average Bonchev–Trinajstić information content (AvgIpc) is 2.69. The van der Waals surface area contributed by atoms with Crippen LogP contribution in [-0.2, 0) is 6.61 Å². The van der Waals surface area contributed by atoms with Gasteiger partial charge in [-0.2, -0.15) is 10.5 Å². The fourth-order valence-corrected chi connectivity index (χ4v) is 2.92. The summed E-state index contributed by atoms with van der Waals surface area (Å²) in [4.78, 5) is 14.4. The van der Waals surface area contributed by atoms with Gasteiger partial charge in [-0.25, -0.2) is 8.78 Å². The highest BCUT2D eigenvalue weighted by Gasteiger charge is 2.22. The van der Waals surface area contributed by atoms with Gasteiger partial charge in [0.25, 0.3) is 5.56 Å². The molecule has 3 aromatic rings. The van der Waals surface area contributed by atoms with Crippen molar-refractivity contribution in [1.82, 2.24) is 4.98 Å². The number of anilines is 1. The van der Waals surface area contributed by atoms with Crippen molar-refractivity contribution in [2.75, 3.05) is 5.73 Å². The van der Waals surface area contributed by atoms with E-state index in [-0.39, 0.29) is 51.0 Å². The molecule has 29 heavy (non-hydrogen) atoms. The molecule has 0 saturated carbocycles. The minimum atomic E-state index is -0.791. The van der Waals surface area contributed by atoms with Crippen LogP contribution in [0.4, 0.5) is 14.6 Å². The zero-order chi connectivity index (χ0) is 21.1. The molecule has 3 N–H and O–H groups in total. The number of H-pyrrole nitrogens is 1. The Balaban J connectivity index is 2.17. The number of hydrogen-bond acceptors (Lipinski definition) is 5. The average molecular weight is 413 g/mol. The minimum Gasteiger partial charge on any atom is -0.488 e. The third-order valence-corrected chi connectivity index (χ3v) is 4.31. The maximum Gasteiger partial charge on any atom is 0.268 e. The van der Waals surface area contributed by atoms with Gasteiger partial charge in [-0.1, -0.05) is 11.6 Å². The summed E-state index contributed by atoms with van der Waals surface area (Å²) in [6, 6.07) is 10.8. The zero-order valence-electron chi connectivity index (χ0n) is 14.6. The van der Waals surface area contributed by atoms with Gasteiger partial charge in [0, 0.05) is 21.7 Å². The van der Waals surface area contributed by atoms with Crippen molar-refractivity contribution in [3.8, 4) is 29.0 Å². The van der Waals surface area contributed by atoms with Crippen molar-refractivity contribution in [3.63, 3.8) is 0 Å². The maximum atomic E-state index is 13.9. The van der Waals surface area contributed by atoms with Gasteiger partial charge in [0.2, 0.25) is 0 Å². The van der Waals surface area contributed by atoms with E-state index in [9.17, 15) is 24.1 Å². The number of rotatable bonds is 4. The Morgan fingerprint density at radius 1 is 1.10 bits per heavy atom. The molecule has 1 aromatic heterocycles. The highest BCUT2D eigenvalue weighted by molar-refractivity contribution is 6.31. The van der Waals surface area contributed by atoms with E-state index >= 15 is 0 Å². The molecular weight excluding hydrogens is 402 g/mol. The first kappa shape index (κ1) is 19.9. The van der Waals surface area contributed by atoms with Crippen molar-refractivity contribution in [3.05, 3.63) is 80.1 Å². The Bertz CT molecular complexity index is 1260. The van der Waals surface area contributed by atoms with Crippen molar-refractivity contribution < 1.29 is 13.5 Å². The SMILES string of the molecule is N#Cc1c(N)[nH]c(=O)c(C#N)c1-c1cc(Cl)ccc1OCc1cc(F)ccc1F. The van der Waals surface area contributed by atoms with Crippen LogP contribution in [0.25, 0.3) is 11.1 Å². The number of aromatic amines is 1. The quantitative estimate of drug-likeness (QED) is 0.674. The number of nitrogens with zero attached hydrogens (tertiary/aromatic N) is 2. The zero-order valence-corrected chi connectivity index (χ0v) is 15.3. The van der Waals surface area contributed by atoms with E-state index in [2.05, 4.69) is 4.98 Å². The molecule has 0 bridgehead atoms. The molecule has 0 radical (unpaired) electrons. The molecule has 2 aromatic carbocycles. The first-order valence-electron chi connectivity index (χ1n) is 8.08. The Hall–Kier alpha value is -3.88. The second kappa shape index (κ2) is 8.01. The molecule has 0 unspecified atom stereocenters. The van der Waals surface area contributed by atoms with Crippen LogP contribution in [-0.4, -0.2) is 4.98 Å².